The number of para-hydroxylation sites is 2. The number of non-ortho nitro benzene ring substituents is 1. The number of ether oxygens (including phenoxy) is 6. The number of carbonyl (C=O) groups excluding carboxylic acids is 5. The Hall–Kier alpha value is -10.9. The van der Waals surface area contributed by atoms with Crippen LogP contribution in [0.2, 0.25) is 0 Å². The van der Waals surface area contributed by atoms with Crippen LogP contribution in [0, 0.1) is 27.9 Å². The van der Waals surface area contributed by atoms with Gasteiger partial charge in [-0.3, -0.25) is 10.1 Å². The summed E-state index contributed by atoms with van der Waals surface area (Å²) >= 11 is 0. The van der Waals surface area contributed by atoms with Crippen molar-refractivity contribution in [1.82, 2.24) is 20.4 Å². The summed E-state index contributed by atoms with van der Waals surface area (Å²) in [6.45, 7) is 13.0. The van der Waals surface area contributed by atoms with Crippen LogP contribution in [0.5, 0.6) is 23.0 Å². The Balaban J connectivity index is 0.000000143. The molecule has 5 fully saturated rings. The first-order valence-corrected chi connectivity index (χ1v) is 41.1. The van der Waals surface area contributed by atoms with Gasteiger partial charge in [0.25, 0.3) is 5.69 Å². The smallest absolute Gasteiger partial charge is 0.445 e. The number of hydrogen-bond acceptors (Lipinski definition) is 16. The van der Waals surface area contributed by atoms with Gasteiger partial charge in [-0.05, 0) is 193 Å². The number of nitrogens with zero attached hydrogens (tertiary/aromatic N) is 5. The second-order valence-electron chi connectivity index (χ2n) is 32.9. The van der Waals surface area contributed by atoms with Gasteiger partial charge in [0, 0.05) is 110 Å². The largest absolute Gasteiger partial charge is 0.519 e. The summed E-state index contributed by atoms with van der Waals surface area (Å²) in [5.41, 5.74) is 17.6. The number of amides is 4. The number of nitrogens with one attached hydrogen (secondary N) is 2. The molecule has 0 radical (unpaired) electrons. The third-order valence-corrected chi connectivity index (χ3v) is 25.6. The maximum absolute atomic E-state index is 13.2. The van der Waals surface area contributed by atoms with Gasteiger partial charge in [0.05, 0.1) is 4.92 Å². The molecule has 16 rings (SSSR count). The second kappa shape index (κ2) is 36.5. The maximum atomic E-state index is 13.2. The number of alkyl carbamates (subject to hydrolysis) is 2. The van der Waals surface area contributed by atoms with Crippen molar-refractivity contribution in [2.45, 2.75) is 184 Å². The van der Waals surface area contributed by atoms with Crippen LogP contribution < -0.4 is 45.1 Å². The number of benzene rings is 8. The highest BCUT2D eigenvalue weighted by Gasteiger charge is 2.50. The maximum Gasteiger partial charge on any atom is 0.519 e. The van der Waals surface area contributed by atoms with Gasteiger partial charge < -0.3 is 64.4 Å². The third-order valence-electron chi connectivity index (χ3n) is 25.6. The number of fused-ring (bicyclic) bond motifs is 12. The molecule has 0 spiro atoms. The first kappa shape index (κ1) is 79.7. The summed E-state index contributed by atoms with van der Waals surface area (Å²) in [6, 6.07) is 63.2. The number of nitro groups is 1. The highest BCUT2D eigenvalue weighted by molar-refractivity contribution is 5.73. The highest BCUT2D eigenvalue weighted by Crippen LogP contribution is 2.51. The van der Waals surface area contributed by atoms with Gasteiger partial charge in [-0.15, -0.1) is 0 Å². The average molecular weight is 1550 g/mol. The van der Waals surface area contributed by atoms with Crippen LogP contribution in [0.3, 0.4) is 0 Å². The summed E-state index contributed by atoms with van der Waals surface area (Å²) < 4.78 is 33.8. The lowest BCUT2D eigenvalue weighted by Gasteiger charge is -2.49. The van der Waals surface area contributed by atoms with Crippen LogP contribution >= 0.6 is 0 Å². The van der Waals surface area contributed by atoms with Gasteiger partial charge in [-0.2, -0.15) is 0 Å². The zero-order chi connectivity index (χ0) is 79.2. The molecule has 6 bridgehead atoms. The molecule has 0 unspecified atom stereocenters. The normalized spacial score (nSPS) is 24.1. The molecule has 0 aromatic heterocycles. The molecule has 2 aliphatic heterocycles. The number of rotatable bonds is 13. The fourth-order valence-corrected chi connectivity index (χ4v) is 19.3. The molecule has 6 aliphatic carbocycles. The fourth-order valence-electron chi connectivity index (χ4n) is 19.3. The van der Waals surface area contributed by atoms with E-state index in [-0.39, 0.29) is 83.2 Å². The standard InChI is InChI=1S/C35H41N3O4.C31H32N2O7.C27H35N3O2/c1-35-18-10-4-7-13-28(32(35)36-33(39)41-25-26-11-5-2-6-12-26)23-27-16-17-30(24-31(27)35)42-34(40)38-21-19-37(20-22-38)29-14-8-3-9-15-29;1-31-17-7-3-6-10-23(28(31)32-29(34)38-20-21-8-4-2-5-9-21)18-22-11-14-26(19-27(22)31)40-30(35)39-25-15-12-24(13-16-25)33(36)37;1-27-13-7-3-4-8-21(25(27)28)18-20-11-12-23(19-24(20)27)32-26(31)30-16-14-29(15-17-30)22-9-5-2-6-10-22/h2-3,5-6,8-9,11-12,14-17,24,28,32H,4,7,10,13,18-23,25H2,1H3,(H,36,39);2,4-5,8-9,11-16,19,23,28H,3,6-7,10,17-18,20H2,1H3,(H,32,34);2,5-6,9-12,19,21,25H,3-4,7-8,13-18,28H2,1H3/t28-,32-,35+;23-,28-,31+;21-,25-,27+/m000/s1. The van der Waals surface area contributed by atoms with Gasteiger partial charge in [0.15, 0.2) is 0 Å². The summed E-state index contributed by atoms with van der Waals surface area (Å²) in [5, 5.41) is 17.3. The molecule has 8 aromatic carbocycles. The molecule has 8 aromatic rings. The monoisotopic (exact) mass is 1540 g/mol. The minimum atomic E-state index is -0.940. The van der Waals surface area contributed by atoms with Crippen LogP contribution in [0.1, 0.15) is 162 Å². The van der Waals surface area contributed by atoms with Crippen molar-refractivity contribution in [3.8, 4) is 23.0 Å². The van der Waals surface area contributed by atoms with Crippen molar-refractivity contribution in [3.05, 3.63) is 255 Å². The van der Waals surface area contributed by atoms with Crippen molar-refractivity contribution < 1.29 is 57.3 Å². The van der Waals surface area contributed by atoms with Crippen LogP contribution in [0.25, 0.3) is 0 Å². The summed E-state index contributed by atoms with van der Waals surface area (Å²) in [6.07, 6.45) is 17.2. The number of anilines is 2. The molecule has 9 atom stereocenters. The van der Waals surface area contributed by atoms with Crippen molar-refractivity contribution in [1.29, 1.82) is 0 Å². The third kappa shape index (κ3) is 19.0. The molecular weight excluding hydrogens is 1440 g/mol. The zero-order valence-electron chi connectivity index (χ0n) is 65.9. The molecule has 21 heteroatoms. The lowest BCUT2D eigenvalue weighted by atomic mass is 9.59. The molecule has 4 amide bonds. The van der Waals surface area contributed by atoms with E-state index in [9.17, 15) is 34.1 Å². The van der Waals surface area contributed by atoms with Gasteiger partial charge in [-0.1, -0.05) is 194 Å². The van der Waals surface area contributed by atoms with Crippen LogP contribution in [0.15, 0.2) is 200 Å². The first-order chi connectivity index (χ1) is 55.3. The number of piperazine rings is 2. The van der Waals surface area contributed by atoms with E-state index in [1.165, 1.54) is 102 Å². The lowest BCUT2D eigenvalue weighted by Crippen LogP contribution is -2.57. The zero-order valence-corrected chi connectivity index (χ0v) is 65.9. The Bertz CT molecular complexity index is 4620. The van der Waals surface area contributed by atoms with Crippen molar-refractivity contribution in [3.63, 3.8) is 0 Å². The Morgan fingerprint density at radius 2 is 0.772 bits per heavy atom. The summed E-state index contributed by atoms with van der Waals surface area (Å²) in [5.74, 6) is 2.84. The minimum absolute atomic E-state index is 0.0393. The van der Waals surface area contributed by atoms with Gasteiger partial charge in [0.1, 0.15) is 36.2 Å². The van der Waals surface area contributed by atoms with Crippen molar-refractivity contribution >= 4 is 47.6 Å². The molecular formula is C93H108N8O13. The van der Waals surface area contributed by atoms with E-state index >= 15 is 0 Å². The molecule has 2 saturated heterocycles. The Morgan fingerprint density at radius 3 is 1.18 bits per heavy atom. The first-order valence-electron chi connectivity index (χ1n) is 41.1. The predicted molar refractivity (Wildman–Crippen MR) is 440 cm³/mol. The topological polar surface area (TPSA) is 247 Å². The van der Waals surface area contributed by atoms with E-state index in [0.717, 1.165) is 120 Å². The average Bonchev–Trinajstić information content (AvgIpc) is 0.752. The minimum Gasteiger partial charge on any atom is -0.445 e. The van der Waals surface area contributed by atoms with Gasteiger partial charge in [0.2, 0.25) is 0 Å². The lowest BCUT2D eigenvalue weighted by molar-refractivity contribution is -0.384. The summed E-state index contributed by atoms with van der Waals surface area (Å²) in [7, 11) is 0. The Labute approximate surface area is 669 Å². The molecule has 114 heavy (non-hydrogen) atoms. The van der Waals surface area contributed by atoms with Crippen molar-refractivity contribution in [2.24, 2.45) is 23.5 Å². The van der Waals surface area contributed by atoms with E-state index in [2.05, 4.69) is 102 Å². The van der Waals surface area contributed by atoms with Gasteiger partial charge >= 0.3 is 30.5 Å². The molecule has 3 saturated carbocycles. The van der Waals surface area contributed by atoms with E-state index in [4.69, 9.17) is 34.2 Å². The van der Waals surface area contributed by atoms with Crippen molar-refractivity contribution in [2.75, 3.05) is 62.2 Å². The summed E-state index contributed by atoms with van der Waals surface area (Å²) in [4.78, 5) is 83.2. The SMILES string of the molecule is C[C@@]12CCCCC[C@@H](Cc3ccc(OC(=O)N4CCN(c5ccccc5)CC4)cc31)[C@@H]2N.C[C@@]12CCCCC[C@@H](Cc3ccc(OC(=O)N4CCN(c5ccccc5)CC4)cc31)[C@@H]2NC(=O)OCc1ccccc1.C[C@@]12CCCCC[C@@H](Cc3ccc(OC(=O)Oc4ccc([N+](=O)[O-])cc4)cc31)[C@@H]2NC(=O)OCc1ccccc1. The number of hydrogen-bond donors (Lipinski definition) is 3. The fraction of sp³-hybridized carbons (Fsp3) is 0.430. The van der Waals surface area contributed by atoms with E-state index in [1.54, 1.807) is 11.0 Å². The molecule has 4 N–H and O–H groups in total. The molecule has 2 heterocycles. The van der Waals surface area contributed by atoms with Crippen LogP contribution in [0.4, 0.5) is 41.0 Å². The number of nitro benzene ring substituents is 1. The molecule has 21 nitrogen and oxygen atoms in total. The highest BCUT2D eigenvalue weighted by atomic mass is 16.7. The quantitative estimate of drug-likeness (QED) is 0.0420. The molecule has 598 valence electrons. The van der Waals surface area contributed by atoms with Crippen LogP contribution in [-0.2, 0) is 58.2 Å². The second-order valence-corrected chi connectivity index (χ2v) is 32.9. The number of nitrogens with two attached hydrogens (primary N) is 1. The number of carbonyl (C=O) groups is 5. The molecule has 8 aliphatic rings. The van der Waals surface area contributed by atoms with E-state index < -0.39 is 17.2 Å². The predicted octanol–water partition coefficient (Wildman–Crippen LogP) is 18.3. The van der Waals surface area contributed by atoms with E-state index in [0.29, 0.717) is 55.3 Å². The van der Waals surface area contributed by atoms with E-state index in [1.807, 2.05) is 114 Å². The van der Waals surface area contributed by atoms with Gasteiger partial charge in [-0.25, -0.2) is 24.0 Å². The Kier molecular flexibility index (Phi) is 25.5. The van der Waals surface area contributed by atoms with Crippen LogP contribution in [-0.4, -0.2) is 116 Å². The Morgan fingerprint density at radius 1 is 0.421 bits per heavy atom.